The summed E-state index contributed by atoms with van der Waals surface area (Å²) in [5, 5.41) is 8.10. The van der Waals surface area contributed by atoms with E-state index in [9.17, 15) is 18.0 Å². The molecule has 1 aliphatic rings. The lowest BCUT2D eigenvalue weighted by Gasteiger charge is -2.23. The van der Waals surface area contributed by atoms with Crippen LogP contribution in [0, 0.1) is 0 Å². The number of aromatic nitrogens is 3. The van der Waals surface area contributed by atoms with Crippen LogP contribution in [-0.2, 0) is 6.18 Å². The van der Waals surface area contributed by atoms with Gasteiger partial charge < -0.3 is 10.3 Å². The van der Waals surface area contributed by atoms with Crippen molar-refractivity contribution in [3.63, 3.8) is 0 Å². The molecule has 0 spiro atoms. The van der Waals surface area contributed by atoms with E-state index in [0.717, 1.165) is 43.8 Å². The predicted octanol–water partition coefficient (Wildman–Crippen LogP) is 2.66. The first-order valence-electron chi connectivity index (χ1n) is 7.77. The van der Waals surface area contributed by atoms with Gasteiger partial charge in [0.05, 0.1) is 16.8 Å². The van der Waals surface area contributed by atoms with E-state index in [1.54, 1.807) is 4.52 Å². The Balaban J connectivity index is 1.96. The maximum absolute atomic E-state index is 12.9. The first-order valence-corrected chi connectivity index (χ1v) is 7.77. The molecule has 0 amide bonds. The van der Waals surface area contributed by atoms with E-state index in [4.69, 9.17) is 0 Å². The smallest absolute Gasteiger partial charge is 0.317 e. The first kappa shape index (κ1) is 15.2. The number of halogens is 3. The summed E-state index contributed by atoms with van der Waals surface area (Å²) in [6.07, 6.45) is -2.69. The third-order valence-electron chi connectivity index (χ3n) is 4.52. The van der Waals surface area contributed by atoms with E-state index in [-0.39, 0.29) is 17.0 Å². The minimum Gasteiger partial charge on any atom is -0.317 e. The Morgan fingerprint density at radius 2 is 1.92 bits per heavy atom. The number of H-pyrrole nitrogens is 1. The number of aromatic amines is 1. The average Bonchev–Trinajstić information content (AvgIpc) is 2.92. The Morgan fingerprint density at radius 1 is 1.17 bits per heavy atom. The molecule has 126 valence electrons. The Hall–Kier alpha value is -2.35. The zero-order chi connectivity index (χ0) is 16.9. The molecule has 0 radical (unpaired) electrons. The zero-order valence-corrected chi connectivity index (χ0v) is 12.7. The molecule has 0 bridgehead atoms. The second kappa shape index (κ2) is 5.34. The molecule has 8 heteroatoms. The third kappa shape index (κ3) is 2.47. The summed E-state index contributed by atoms with van der Waals surface area (Å²) in [5.74, 6) is 0.160. The van der Waals surface area contributed by atoms with Gasteiger partial charge in [0.1, 0.15) is 5.65 Å². The van der Waals surface area contributed by atoms with Crippen LogP contribution in [0.5, 0.6) is 0 Å². The van der Waals surface area contributed by atoms with E-state index in [0.29, 0.717) is 11.0 Å². The van der Waals surface area contributed by atoms with Gasteiger partial charge in [-0.15, -0.1) is 0 Å². The van der Waals surface area contributed by atoms with Crippen molar-refractivity contribution in [2.45, 2.75) is 24.9 Å². The highest BCUT2D eigenvalue weighted by Gasteiger charge is 2.31. The number of piperidine rings is 1. The van der Waals surface area contributed by atoms with Crippen molar-refractivity contribution in [2.75, 3.05) is 13.1 Å². The van der Waals surface area contributed by atoms with Gasteiger partial charge in [0.25, 0.3) is 5.56 Å². The average molecular weight is 336 g/mol. The summed E-state index contributed by atoms with van der Waals surface area (Å²) < 4.78 is 40.3. The fraction of sp³-hybridized carbons (Fsp3) is 0.375. The second-order valence-electron chi connectivity index (χ2n) is 6.07. The Bertz CT molecular complexity index is 967. The van der Waals surface area contributed by atoms with Crippen molar-refractivity contribution in [1.82, 2.24) is 19.9 Å². The molecule has 0 saturated carbocycles. The number of alkyl halides is 3. The fourth-order valence-corrected chi connectivity index (χ4v) is 3.33. The van der Waals surface area contributed by atoms with Crippen LogP contribution in [0.1, 0.15) is 30.0 Å². The highest BCUT2D eigenvalue weighted by Crippen LogP contribution is 2.32. The van der Waals surface area contributed by atoms with Crippen LogP contribution in [0.3, 0.4) is 0 Å². The first-order chi connectivity index (χ1) is 11.4. The molecule has 5 nitrogen and oxygen atoms in total. The van der Waals surface area contributed by atoms with Gasteiger partial charge in [0.2, 0.25) is 0 Å². The summed E-state index contributed by atoms with van der Waals surface area (Å²) in [6, 6.07) is 4.90. The van der Waals surface area contributed by atoms with Gasteiger partial charge in [-0.2, -0.15) is 18.3 Å². The van der Waals surface area contributed by atoms with E-state index < -0.39 is 11.7 Å². The monoisotopic (exact) mass is 336 g/mol. The molecule has 4 rings (SSSR count). The van der Waals surface area contributed by atoms with Gasteiger partial charge in [-0.25, -0.2) is 4.52 Å². The molecule has 1 aromatic carbocycles. The highest BCUT2D eigenvalue weighted by molar-refractivity contribution is 5.92. The van der Waals surface area contributed by atoms with E-state index in [1.807, 2.05) is 0 Å². The Kier molecular flexibility index (Phi) is 3.38. The largest absolute Gasteiger partial charge is 0.416 e. The van der Waals surface area contributed by atoms with Crippen molar-refractivity contribution in [3.05, 3.63) is 45.9 Å². The van der Waals surface area contributed by atoms with Crippen molar-refractivity contribution in [1.29, 1.82) is 0 Å². The summed E-state index contributed by atoms with van der Waals surface area (Å²) >= 11 is 0. The molecule has 0 aliphatic carbocycles. The highest BCUT2D eigenvalue weighted by atomic mass is 19.4. The molecule has 3 heterocycles. The van der Waals surface area contributed by atoms with Crippen molar-refractivity contribution < 1.29 is 13.2 Å². The lowest BCUT2D eigenvalue weighted by atomic mass is 9.94. The molecule has 2 N–H and O–H groups in total. The SMILES string of the molecule is O=c1cc(C2CCNCC2)n2nc3cc(C(F)(F)F)ccc3c2[nH]1. The predicted molar refractivity (Wildman–Crippen MR) is 83.2 cm³/mol. The van der Waals surface area contributed by atoms with Gasteiger partial charge in [0, 0.05) is 17.4 Å². The summed E-state index contributed by atoms with van der Waals surface area (Å²) in [4.78, 5) is 14.7. The number of nitrogens with one attached hydrogen (secondary N) is 2. The number of rotatable bonds is 1. The molecule has 0 unspecified atom stereocenters. The lowest BCUT2D eigenvalue weighted by Crippen LogP contribution is -2.28. The number of hydrogen-bond acceptors (Lipinski definition) is 3. The quantitative estimate of drug-likeness (QED) is 0.718. The Morgan fingerprint density at radius 3 is 2.62 bits per heavy atom. The number of benzene rings is 1. The molecule has 1 saturated heterocycles. The maximum atomic E-state index is 12.9. The molecule has 0 atom stereocenters. The molecule has 1 fully saturated rings. The van der Waals surface area contributed by atoms with Gasteiger partial charge in [-0.3, -0.25) is 4.79 Å². The van der Waals surface area contributed by atoms with E-state index in [1.165, 1.54) is 12.1 Å². The molecule has 24 heavy (non-hydrogen) atoms. The van der Waals surface area contributed by atoms with Gasteiger partial charge in [-0.1, -0.05) is 0 Å². The van der Waals surface area contributed by atoms with Gasteiger partial charge in [0.15, 0.2) is 0 Å². The van der Waals surface area contributed by atoms with Crippen LogP contribution in [0.2, 0.25) is 0 Å². The van der Waals surface area contributed by atoms with Crippen molar-refractivity contribution in [3.8, 4) is 0 Å². The topological polar surface area (TPSA) is 62.2 Å². The number of fused-ring (bicyclic) bond motifs is 3. The van der Waals surface area contributed by atoms with Crippen molar-refractivity contribution >= 4 is 16.6 Å². The van der Waals surface area contributed by atoms with Crippen LogP contribution >= 0.6 is 0 Å². The summed E-state index contributed by atoms with van der Waals surface area (Å²) in [5.41, 5.74) is 0.406. The number of nitrogens with zero attached hydrogens (tertiary/aromatic N) is 2. The van der Waals surface area contributed by atoms with Crippen LogP contribution in [0.15, 0.2) is 29.1 Å². The lowest BCUT2D eigenvalue weighted by molar-refractivity contribution is -0.137. The standard InChI is InChI=1S/C16H15F3N4O/c17-16(18,19)10-1-2-11-12(7-10)22-23-13(8-14(24)21-15(11)23)9-3-5-20-6-4-9/h1-2,7-9,20H,3-6H2,(H,21,24). The minimum atomic E-state index is -4.42. The minimum absolute atomic E-state index is 0.160. The molecule has 2 aromatic heterocycles. The number of hydrogen-bond donors (Lipinski definition) is 2. The van der Waals surface area contributed by atoms with E-state index >= 15 is 0 Å². The normalized spacial score (nSPS) is 17.0. The van der Waals surface area contributed by atoms with Crippen LogP contribution in [-0.4, -0.2) is 27.7 Å². The molecule has 3 aromatic rings. The Labute approximate surface area is 134 Å². The van der Waals surface area contributed by atoms with Crippen LogP contribution in [0.25, 0.3) is 16.6 Å². The molecular formula is C16H15F3N4O. The van der Waals surface area contributed by atoms with Gasteiger partial charge >= 0.3 is 6.18 Å². The second-order valence-corrected chi connectivity index (χ2v) is 6.07. The van der Waals surface area contributed by atoms with Crippen LogP contribution in [0.4, 0.5) is 13.2 Å². The van der Waals surface area contributed by atoms with Gasteiger partial charge in [-0.05, 0) is 44.1 Å². The maximum Gasteiger partial charge on any atom is 0.416 e. The summed E-state index contributed by atoms with van der Waals surface area (Å²) in [7, 11) is 0. The summed E-state index contributed by atoms with van der Waals surface area (Å²) in [6.45, 7) is 1.69. The van der Waals surface area contributed by atoms with Crippen LogP contribution < -0.4 is 10.9 Å². The zero-order valence-electron chi connectivity index (χ0n) is 12.7. The molecule has 1 aliphatic heterocycles. The molecular weight excluding hydrogens is 321 g/mol. The van der Waals surface area contributed by atoms with E-state index in [2.05, 4.69) is 15.4 Å². The fourth-order valence-electron chi connectivity index (χ4n) is 3.33. The van der Waals surface area contributed by atoms with Crippen molar-refractivity contribution in [2.24, 2.45) is 0 Å². The third-order valence-corrected chi connectivity index (χ3v) is 4.52.